The summed E-state index contributed by atoms with van der Waals surface area (Å²) in [5, 5.41) is 15.6. The summed E-state index contributed by atoms with van der Waals surface area (Å²) in [6.07, 6.45) is 5.61. The summed E-state index contributed by atoms with van der Waals surface area (Å²) >= 11 is 5.39. The molecule has 0 saturated heterocycles. The van der Waals surface area contributed by atoms with Crippen molar-refractivity contribution >= 4 is 28.8 Å². The monoisotopic (exact) mass is 388 g/mol. The van der Waals surface area contributed by atoms with Crippen LogP contribution in [0.1, 0.15) is 11.1 Å². The standard InChI is InChI=1S/C21H20N6S/c28-21(23-19-13-22-27(16-19)15-18-9-5-2-6-10-18)24-20-11-12-26(25-20)14-17-7-3-1-4-8-17/h1-13,16H,14-15H2,(H2,23,24,25,28). The number of nitrogens with one attached hydrogen (secondary N) is 2. The molecular formula is C21H20N6S. The zero-order chi connectivity index (χ0) is 19.2. The number of nitrogens with zero attached hydrogens (tertiary/aromatic N) is 4. The average Bonchev–Trinajstić information content (AvgIpc) is 3.33. The highest BCUT2D eigenvalue weighted by atomic mass is 32.1. The molecule has 0 aliphatic rings. The van der Waals surface area contributed by atoms with Crippen molar-refractivity contribution in [2.75, 3.05) is 10.6 Å². The Hall–Kier alpha value is -3.45. The first-order valence-electron chi connectivity index (χ1n) is 8.96. The van der Waals surface area contributed by atoms with Gasteiger partial charge in [0.25, 0.3) is 0 Å². The van der Waals surface area contributed by atoms with Crippen LogP contribution in [0.25, 0.3) is 0 Å². The van der Waals surface area contributed by atoms with Gasteiger partial charge in [-0.25, -0.2) is 0 Å². The van der Waals surface area contributed by atoms with Crippen molar-refractivity contribution in [3.63, 3.8) is 0 Å². The van der Waals surface area contributed by atoms with Crippen LogP contribution in [0.3, 0.4) is 0 Å². The maximum absolute atomic E-state index is 5.39. The van der Waals surface area contributed by atoms with Crippen LogP contribution in [0.5, 0.6) is 0 Å². The smallest absolute Gasteiger partial charge is 0.176 e. The molecule has 28 heavy (non-hydrogen) atoms. The van der Waals surface area contributed by atoms with E-state index in [0.717, 1.165) is 12.2 Å². The summed E-state index contributed by atoms with van der Waals surface area (Å²) in [5.74, 6) is 0.699. The van der Waals surface area contributed by atoms with Gasteiger partial charge >= 0.3 is 0 Å². The lowest BCUT2D eigenvalue weighted by atomic mass is 10.2. The van der Waals surface area contributed by atoms with Crippen molar-refractivity contribution in [2.24, 2.45) is 0 Å². The highest BCUT2D eigenvalue weighted by Gasteiger charge is 2.05. The van der Waals surface area contributed by atoms with Gasteiger partial charge in [0.15, 0.2) is 10.9 Å². The Kier molecular flexibility index (Phi) is 5.44. The van der Waals surface area contributed by atoms with Gasteiger partial charge in [0.2, 0.25) is 0 Å². The fraction of sp³-hybridized carbons (Fsp3) is 0.0952. The molecule has 0 fully saturated rings. The first-order valence-corrected chi connectivity index (χ1v) is 9.37. The van der Waals surface area contributed by atoms with Crippen LogP contribution in [-0.4, -0.2) is 24.7 Å². The summed E-state index contributed by atoms with van der Waals surface area (Å²) in [6.45, 7) is 1.43. The normalized spacial score (nSPS) is 10.6. The van der Waals surface area contributed by atoms with Crippen molar-refractivity contribution in [3.05, 3.63) is 96.4 Å². The topological polar surface area (TPSA) is 59.7 Å². The quantitative estimate of drug-likeness (QED) is 0.489. The Morgan fingerprint density at radius 3 is 2.14 bits per heavy atom. The van der Waals surface area contributed by atoms with Crippen molar-refractivity contribution < 1.29 is 0 Å². The molecule has 2 aromatic carbocycles. The zero-order valence-corrected chi connectivity index (χ0v) is 16.0. The van der Waals surface area contributed by atoms with E-state index in [9.17, 15) is 0 Å². The molecular weight excluding hydrogens is 368 g/mol. The maximum Gasteiger partial charge on any atom is 0.176 e. The Labute approximate surface area is 168 Å². The molecule has 0 spiro atoms. The second-order valence-electron chi connectivity index (χ2n) is 6.38. The molecule has 4 aromatic rings. The molecule has 0 atom stereocenters. The maximum atomic E-state index is 5.39. The Balaban J connectivity index is 1.31. The van der Waals surface area contributed by atoms with E-state index in [1.54, 1.807) is 6.20 Å². The third-order valence-corrected chi connectivity index (χ3v) is 4.35. The van der Waals surface area contributed by atoms with Gasteiger partial charge in [0.1, 0.15) is 0 Å². The second kappa shape index (κ2) is 8.49. The van der Waals surface area contributed by atoms with E-state index >= 15 is 0 Å². The summed E-state index contributed by atoms with van der Waals surface area (Å²) in [6, 6.07) is 22.3. The minimum Gasteiger partial charge on any atom is -0.330 e. The van der Waals surface area contributed by atoms with E-state index in [-0.39, 0.29) is 0 Å². The molecule has 2 aromatic heterocycles. The summed E-state index contributed by atoms with van der Waals surface area (Å²) in [7, 11) is 0. The fourth-order valence-electron chi connectivity index (χ4n) is 2.85. The van der Waals surface area contributed by atoms with Gasteiger partial charge in [-0.3, -0.25) is 9.36 Å². The van der Waals surface area contributed by atoms with Gasteiger partial charge in [0.05, 0.1) is 25.0 Å². The summed E-state index contributed by atoms with van der Waals surface area (Å²) < 4.78 is 3.74. The number of anilines is 2. The van der Waals surface area contributed by atoms with Crippen molar-refractivity contribution in [1.82, 2.24) is 19.6 Å². The minimum absolute atomic E-state index is 0.476. The van der Waals surface area contributed by atoms with Crippen LogP contribution in [0.4, 0.5) is 11.5 Å². The van der Waals surface area contributed by atoms with E-state index in [2.05, 4.69) is 45.1 Å². The van der Waals surface area contributed by atoms with Crippen molar-refractivity contribution in [2.45, 2.75) is 13.1 Å². The predicted octanol–water partition coefficient (Wildman–Crippen LogP) is 3.99. The molecule has 0 bridgehead atoms. The van der Waals surface area contributed by atoms with E-state index in [0.29, 0.717) is 17.5 Å². The molecule has 0 unspecified atom stereocenters. The SMILES string of the molecule is S=C(Nc1cnn(Cc2ccccc2)c1)Nc1ccn(Cc2ccccc2)n1. The van der Waals surface area contributed by atoms with Crippen molar-refractivity contribution in [3.8, 4) is 0 Å². The molecule has 2 heterocycles. The van der Waals surface area contributed by atoms with Crippen LogP contribution in [0.2, 0.25) is 0 Å². The number of thiocarbonyl (C=S) groups is 1. The third-order valence-electron chi connectivity index (χ3n) is 4.15. The molecule has 0 radical (unpaired) electrons. The summed E-state index contributed by atoms with van der Waals surface area (Å²) in [4.78, 5) is 0. The van der Waals surface area contributed by atoms with Gasteiger partial charge in [0, 0.05) is 18.5 Å². The van der Waals surface area contributed by atoms with Crippen molar-refractivity contribution in [1.29, 1.82) is 0 Å². The van der Waals surface area contributed by atoms with E-state index in [4.69, 9.17) is 12.2 Å². The molecule has 6 nitrogen and oxygen atoms in total. The van der Waals surface area contributed by atoms with E-state index in [1.807, 2.05) is 64.2 Å². The van der Waals surface area contributed by atoms with Gasteiger partial charge in [-0.05, 0) is 23.3 Å². The van der Waals surface area contributed by atoms with Crippen LogP contribution in [0.15, 0.2) is 85.3 Å². The second-order valence-corrected chi connectivity index (χ2v) is 6.78. The molecule has 7 heteroatoms. The molecule has 2 N–H and O–H groups in total. The fourth-order valence-corrected chi connectivity index (χ4v) is 3.07. The van der Waals surface area contributed by atoms with Crippen LogP contribution in [0, 0.1) is 0 Å². The highest BCUT2D eigenvalue weighted by Crippen LogP contribution is 2.10. The number of hydrogen-bond donors (Lipinski definition) is 2. The lowest BCUT2D eigenvalue weighted by Crippen LogP contribution is -2.19. The lowest BCUT2D eigenvalue weighted by molar-refractivity contribution is 0.687. The lowest BCUT2D eigenvalue weighted by Gasteiger charge is -2.06. The van der Waals surface area contributed by atoms with Gasteiger partial charge < -0.3 is 10.6 Å². The Bertz CT molecular complexity index is 955. The van der Waals surface area contributed by atoms with E-state index < -0.39 is 0 Å². The van der Waals surface area contributed by atoms with Gasteiger partial charge in [-0.2, -0.15) is 10.2 Å². The van der Waals surface area contributed by atoms with Crippen LogP contribution < -0.4 is 10.6 Å². The summed E-state index contributed by atoms with van der Waals surface area (Å²) in [5.41, 5.74) is 3.22. The third kappa shape index (κ3) is 4.83. The largest absolute Gasteiger partial charge is 0.330 e. The highest BCUT2D eigenvalue weighted by molar-refractivity contribution is 7.80. The molecule has 0 amide bonds. The Morgan fingerprint density at radius 2 is 1.46 bits per heavy atom. The number of benzene rings is 2. The average molecular weight is 389 g/mol. The first kappa shape index (κ1) is 17.9. The molecule has 0 aliphatic heterocycles. The van der Waals surface area contributed by atoms with Crippen LogP contribution >= 0.6 is 12.2 Å². The molecule has 140 valence electrons. The van der Waals surface area contributed by atoms with Gasteiger partial charge in [-0.1, -0.05) is 60.7 Å². The molecule has 4 rings (SSSR count). The van der Waals surface area contributed by atoms with Gasteiger partial charge in [-0.15, -0.1) is 0 Å². The predicted molar refractivity (Wildman–Crippen MR) is 115 cm³/mol. The first-order chi connectivity index (χ1) is 13.7. The van der Waals surface area contributed by atoms with E-state index in [1.165, 1.54) is 11.1 Å². The zero-order valence-electron chi connectivity index (χ0n) is 15.2. The number of rotatable bonds is 6. The van der Waals surface area contributed by atoms with Crippen LogP contribution in [-0.2, 0) is 13.1 Å². The number of hydrogen-bond acceptors (Lipinski definition) is 3. The minimum atomic E-state index is 0.476. The molecule has 0 aliphatic carbocycles. The Morgan fingerprint density at radius 1 is 0.821 bits per heavy atom. The molecule has 0 saturated carbocycles. The number of aromatic nitrogens is 4.